The third-order valence-corrected chi connectivity index (χ3v) is 5.11. The van der Waals surface area contributed by atoms with E-state index in [-0.39, 0.29) is 36.1 Å². The lowest BCUT2D eigenvalue weighted by atomic mass is 10.1. The molecule has 1 aromatic rings. The van der Waals surface area contributed by atoms with Crippen LogP contribution in [-0.4, -0.2) is 102 Å². The predicted octanol–water partition coefficient (Wildman–Crippen LogP) is 1.39. The molecular weight excluding hydrogens is 523 g/mol. The fourth-order valence-electron chi connectivity index (χ4n) is 3.49. The van der Waals surface area contributed by atoms with E-state index in [1.54, 1.807) is 17.3 Å². The zero-order valence-corrected chi connectivity index (χ0v) is 21.9. The minimum atomic E-state index is -0.467. The van der Waals surface area contributed by atoms with E-state index < -0.39 is 5.60 Å². The summed E-state index contributed by atoms with van der Waals surface area (Å²) in [5.41, 5.74) is -0.467. The summed E-state index contributed by atoms with van der Waals surface area (Å²) >= 11 is 0. The first-order valence-corrected chi connectivity index (χ1v) is 11.1. The van der Waals surface area contributed by atoms with Gasteiger partial charge in [-0.15, -0.1) is 24.0 Å². The number of carbonyl (C=O) groups is 1. The number of halogens is 1. The summed E-state index contributed by atoms with van der Waals surface area (Å²) in [6.45, 7) is 15.2. The average molecular weight is 560 g/mol. The summed E-state index contributed by atoms with van der Waals surface area (Å²) in [5, 5.41) is 6.71. The van der Waals surface area contributed by atoms with Crippen molar-refractivity contribution in [3.63, 3.8) is 0 Å². The molecule has 0 aliphatic carbocycles. The number of guanidine groups is 1. The van der Waals surface area contributed by atoms with Gasteiger partial charge in [-0.3, -0.25) is 9.89 Å². The molecule has 10 nitrogen and oxygen atoms in total. The lowest BCUT2D eigenvalue weighted by Gasteiger charge is -2.40. The third kappa shape index (κ3) is 8.23. The number of nitrogens with one attached hydrogen (secondary N) is 2. The van der Waals surface area contributed by atoms with E-state index in [9.17, 15) is 4.79 Å². The Morgan fingerprint density at radius 1 is 1.19 bits per heavy atom. The van der Waals surface area contributed by atoms with Crippen LogP contribution in [-0.2, 0) is 4.74 Å². The van der Waals surface area contributed by atoms with E-state index in [4.69, 9.17) is 9.73 Å². The van der Waals surface area contributed by atoms with Crippen molar-refractivity contribution in [2.45, 2.75) is 39.3 Å². The molecule has 0 spiro atoms. The molecule has 0 radical (unpaired) electrons. The van der Waals surface area contributed by atoms with E-state index in [1.165, 1.54) is 0 Å². The maximum atomic E-state index is 12.1. The van der Waals surface area contributed by atoms with Crippen molar-refractivity contribution in [2.24, 2.45) is 4.99 Å². The minimum Gasteiger partial charge on any atom is -0.444 e. The first-order chi connectivity index (χ1) is 14.8. The number of anilines is 1. The second kappa shape index (κ2) is 12.4. The molecule has 0 bridgehead atoms. The highest BCUT2D eigenvalue weighted by Gasteiger charge is 2.34. The Hall–Kier alpha value is -1.89. The molecule has 2 saturated heterocycles. The van der Waals surface area contributed by atoms with Gasteiger partial charge in [0.15, 0.2) is 5.96 Å². The first-order valence-electron chi connectivity index (χ1n) is 11.1. The number of rotatable bonds is 6. The van der Waals surface area contributed by atoms with Gasteiger partial charge in [0.2, 0.25) is 5.95 Å². The monoisotopic (exact) mass is 560 g/mol. The second-order valence-corrected chi connectivity index (χ2v) is 8.86. The number of ether oxygens (including phenoxy) is 1. The van der Waals surface area contributed by atoms with Crippen LogP contribution in [0, 0.1) is 0 Å². The Morgan fingerprint density at radius 2 is 1.84 bits per heavy atom. The van der Waals surface area contributed by atoms with Gasteiger partial charge in [0.05, 0.1) is 12.6 Å². The molecule has 3 rings (SSSR count). The van der Waals surface area contributed by atoms with Gasteiger partial charge in [0.1, 0.15) is 5.60 Å². The molecular formula is C21H37IN8O2. The molecule has 3 heterocycles. The van der Waals surface area contributed by atoms with Crippen molar-refractivity contribution in [3.05, 3.63) is 18.5 Å². The fourth-order valence-corrected chi connectivity index (χ4v) is 3.49. The molecule has 2 N–H and O–H groups in total. The van der Waals surface area contributed by atoms with Crippen LogP contribution in [0.2, 0.25) is 0 Å². The normalized spacial score (nSPS) is 17.9. The highest BCUT2D eigenvalue weighted by atomic mass is 127. The number of nitrogens with zero attached hydrogens (tertiary/aromatic N) is 6. The van der Waals surface area contributed by atoms with Crippen molar-refractivity contribution in [1.29, 1.82) is 0 Å². The quantitative estimate of drug-likeness (QED) is 0.306. The topological polar surface area (TPSA) is 98.2 Å². The van der Waals surface area contributed by atoms with Gasteiger partial charge in [-0.25, -0.2) is 14.8 Å². The van der Waals surface area contributed by atoms with E-state index >= 15 is 0 Å². The summed E-state index contributed by atoms with van der Waals surface area (Å²) in [5.74, 6) is 1.60. The first kappa shape index (κ1) is 26.4. The van der Waals surface area contributed by atoms with Gasteiger partial charge in [-0.2, -0.15) is 0 Å². The Balaban J connectivity index is 0.00000363. The Kier molecular flexibility index (Phi) is 10.2. The lowest BCUT2D eigenvalue weighted by molar-refractivity contribution is 0.00700. The van der Waals surface area contributed by atoms with Gasteiger partial charge in [-0.1, -0.05) is 0 Å². The van der Waals surface area contributed by atoms with Crippen LogP contribution in [0.4, 0.5) is 10.7 Å². The van der Waals surface area contributed by atoms with Crippen LogP contribution in [0.5, 0.6) is 0 Å². The molecule has 0 unspecified atom stereocenters. The van der Waals surface area contributed by atoms with Crippen LogP contribution in [0.15, 0.2) is 23.5 Å². The lowest BCUT2D eigenvalue weighted by Crippen LogP contribution is -2.63. The van der Waals surface area contributed by atoms with E-state index in [2.05, 4.69) is 37.3 Å². The van der Waals surface area contributed by atoms with Crippen LogP contribution >= 0.6 is 24.0 Å². The summed E-state index contributed by atoms with van der Waals surface area (Å²) < 4.78 is 5.41. The summed E-state index contributed by atoms with van der Waals surface area (Å²) in [7, 11) is 0. The molecule has 2 aliphatic heterocycles. The number of aromatic nitrogens is 2. The van der Waals surface area contributed by atoms with Crippen molar-refractivity contribution < 1.29 is 9.53 Å². The van der Waals surface area contributed by atoms with Crippen LogP contribution in [0.3, 0.4) is 0 Å². The maximum Gasteiger partial charge on any atom is 0.410 e. The van der Waals surface area contributed by atoms with Crippen molar-refractivity contribution in [3.8, 4) is 0 Å². The predicted molar refractivity (Wildman–Crippen MR) is 137 cm³/mol. The van der Waals surface area contributed by atoms with Gasteiger partial charge in [-0.05, 0) is 33.8 Å². The van der Waals surface area contributed by atoms with Crippen molar-refractivity contribution >= 4 is 42.0 Å². The van der Waals surface area contributed by atoms with Crippen molar-refractivity contribution in [2.75, 3.05) is 63.8 Å². The second-order valence-electron chi connectivity index (χ2n) is 8.86. The molecule has 180 valence electrons. The number of carbonyl (C=O) groups excluding carboxylic acids is 1. The third-order valence-electron chi connectivity index (χ3n) is 5.11. The zero-order chi connectivity index (χ0) is 22.3. The number of amides is 1. The number of likely N-dealkylation sites (tertiary alicyclic amines) is 1. The Morgan fingerprint density at radius 3 is 2.44 bits per heavy atom. The van der Waals surface area contributed by atoms with E-state index in [0.717, 1.165) is 57.7 Å². The largest absolute Gasteiger partial charge is 0.444 e. The average Bonchev–Trinajstić information content (AvgIpc) is 2.70. The molecule has 0 aromatic carbocycles. The Labute approximate surface area is 208 Å². The SMILES string of the molecule is CCNC(=NCCN1CCN(c2ncccn2)CC1)NC1CN(C(=O)OC(C)(C)C)C1.I. The molecule has 2 aliphatic rings. The molecule has 1 aromatic heterocycles. The van der Waals surface area contributed by atoms with Crippen LogP contribution in [0.1, 0.15) is 27.7 Å². The fraction of sp³-hybridized carbons (Fsp3) is 0.714. The van der Waals surface area contributed by atoms with Crippen LogP contribution in [0.25, 0.3) is 0 Å². The maximum absolute atomic E-state index is 12.1. The van der Waals surface area contributed by atoms with E-state index in [0.29, 0.717) is 13.1 Å². The Bertz CT molecular complexity index is 729. The van der Waals surface area contributed by atoms with Crippen LogP contribution < -0.4 is 15.5 Å². The number of piperazine rings is 1. The highest BCUT2D eigenvalue weighted by Crippen LogP contribution is 2.15. The highest BCUT2D eigenvalue weighted by molar-refractivity contribution is 14.0. The summed E-state index contributed by atoms with van der Waals surface area (Å²) in [6, 6.07) is 2.03. The molecule has 2 fully saturated rings. The minimum absolute atomic E-state index is 0. The van der Waals surface area contributed by atoms with Gasteiger partial charge >= 0.3 is 6.09 Å². The molecule has 11 heteroatoms. The van der Waals surface area contributed by atoms with Crippen molar-refractivity contribution in [1.82, 2.24) is 30.4 Å². The summed E-state index contributed by atoms with van der Waals surface area (Å²) in [4.78, 5) is 31.8. The standard InChI is InChI=1S/C21H36N8O2.HI/c1-5-22-18(26-17-15-29(16-17)20(30)31-21(2,3)4)23-9-10-27-11-13-28(14-12-27)19-24-7-6-8-25-19;/h6-8,17H,5,9-16H2,1-4H3,(H2,22,23,26);1H. The molecule has 0 saturated carbocycles. The van der Waals surface area contributed by atoms with Gasteiger partial charge < -0.3 is 25.2 Å². The molecule has 1 amide bonds. The van der Waals surface area contributed by atoms with Gasteiger partial charge in [0, 0.05) is 64.8 Å². The smallest absolute Gasteiger partial charge is 0.410 e. The zero-order valence-electron chi connectivity index (χ0n) is 19.6. The molecule has 0 atom stereocenters. The number of hydrogen-bond donors (Lipinski definition) is 2. The summed E-state index contributed by atoms with van der Waals surface area (Å²) in [6.07, 6.45) is 3.31. The number of aliphatic imine (C=N–C) groups is 1. The number of hydrogen-bond acceptors (Lipinski definition) is 7. The van der Waals surface area contributed by atoms with Gasteiger partial charge in [0.25, 0.3) is 0 Å². The van der Waals surface area contributed by atoms with E-state index in [1.807, 2.05) is 26.8 Å². The molecule has 32 heavy (non-hydrogen) atoms.